The number of allylic oxidation sites excluding steroid dienone is 6. The highest BCUT2D eigenvalue weighted by Crippen LogP contribution is 2.65. The van der Waals surface area contributed by atoms with Gasteiger partial charge in [-0.3, -0.25) is 14.4 Å². The van der Waals surface area contributed by atoms with Crippen molar-refractivity contribution in [3.8, 4) is 0 Å². The minimum absolute atomic E-state index is 0.0177. The number of rotatable bonds is 4. The molecule has 0 spiro atoms. The molecule has 0 radical (unpaired) electrons. The first kappa shape index (κ1) is 21.2. The summed E-state index contributed by atoms with van der Waals surface area (Å²) in [6, 6.07) is -0.719. The molecule has 2 fully saturated rings. The molecule has 2 N–H and O–H groups in total. The fraction of sp³-hybridized carbons (Fsp3) is 0.640. The second-order valence-corrected chi connectivity index (χ2v) is 10.3. The van der Waals surface area contributed by atoms with Crippen molar-refractivity contribution < 1.29 is 19.1 Å². The van der Waals surface area contributed by atoms with Crippen LogP contribution in [0.2, 0.25) is 0 Å². The molecule has 5 heteroatoms. The monoisotopic (exact) mass is 411 g/mol. The molecule has 7 atom stereocenters. The van der Waals surface area contributed by atoms with E-state index in [0.29, 0.717) is 11.8 Å². The van der Waals surface area contributed by atoms with Gasteiger partial charge in [0, 0.05) is 11.3 Å². The Morgan fingerprint density at radius 3 is 2.77 bits per heavy atom. The van der Waals surface area contributed by atoms with E-state index in [9.17, 15) is 14.4 Å². The van der Waals surface area contributed by atoms with Gasteiger partial charge < -0.3 is 10.5 Å². The number of fused-ring (bicyclic) bond motifs is 5. The van der Waals surface area contributed by atoms with Crippen LogP contribution in [0, 0.1) is 34.5 Å². The van der Waals surface area contributed by atoms with Crippen LogP contribution in [0.4, 0.5) is 0 Å². The Morgan fingerprint density at radius 1 is 1.33 bits per heavy atom. The maximum atomic E-state index is 13.1. The molecule has 30 heavy (non-hydrogen) atoms. The molecule has 5 nitrogen and oxygen atoms in total. The van der Waals surface area contributed by atoms with Gasteiger partial charge in [0.1, 0.15) is 12.6 Å². The van der Waals surface area contributed by atoms with E-state index in [4.69, 9.17) is 10.5 Å². The van der Waals surface area contributed by atoms with Gasteiger partial charge in [-0.2, -0.15) is 0 Å². The van der Waals surface area contributed by atoms with E-state index in [1.165, 1.54) is 11.1 Å². The molecule has 162 valence electrons. The van der Waals surface area contributed by atoms with Crippen molar-refractivity contribution in [1.29, 1.82) is 0 Å². The van der Waals surface area contributed by atoms with Gasteiger partial charge in [0.15, 0.2) is 11.6 Å². The Balaban J connectivity index is 1.60. The van der Waals surface area contributed by atoms with E-state index >= 15 is 0 Å². The van der Waals surface area contributed by atoms with Gasteiger partial charge in [0.05, 0.1) is 0 Å². The molecule has 4 aliphatic rings. The molecular formula is C25H33NO4. The lowest BCUT2D eigenvalue weighted by atomic mass is 9.52. The zero-order valence-corrected chi connectivity index (χ0v) is 18.4. The predicted octanol–water partition coefficient (Wildman–Crippen LogP) is 3.54. The summed E-state index contributed by atoms with van der Waals surface area (Å²) in [5, 5.41) is 0. The fourth-order valence-corrected chi connectivity index (χ4v) is 6.94. The van der Waals surface area contributed by atoms with E-state index in [2.05, 4.69) is 32.9 Å². The molecule has 0 amide bonds. The van der Waals surface area contributed by atoms with Crippen molar-refractivity contribution in [1.82, 2.24) is 0 Å². The van der Waals surface area contributed by atoms with Crippen LogP contribution in [0.25, 0.3) is 0 Å². The smallest absolute Gasteiger partial charge is 0.323 e. The molecule has 0 aromatic heterocycles. The zero-order valence-electron chi connectivity index (χ0n) is 18.4. The summed E-state index contributed by atoms with van der Waals surface area (Å²) in [4.78, 5) is 36.8. The molecule has 0 saturated heterocycles. The van der Waals surface area contributed by atoms with Crippen LogP contribution < -0.4 is 5.73 Å². The predicted molar refractivity (Wildman–Crippen MR) is 114 cm³/mol. The molecule has 4 rings (SSSR count). The Labute approximate surface area is 178 Å². The summed E-state index contributed by atoms with van der Waals surface area (Å²) < 4.78 is 5.18. The van der Waals surface area contributed by atoms with Gasteiger partial charge >= 0.3 is 5.97 Å². The third kappa shape index (κ3) is 3.13. The summed E-state index contributed by atoms with van der Waals surface area (Å²) >= 11 is 0. The van der Waals surface area contributed by atoms with Crippen LogP contribution in [0.1, 0.15) is 53.4 Å². The van der Waals surface area contributed by atoms with Crippen molar-refractivity contribution >= 4 is 17.5 Å². The molecule has 0 aromatic rings. The average Bonchev–Trinajstić information content (AvgIpc) is 2.96. The number of ketones is 2. The van der Waals surface area contributed by atoms with Gasteiger partial charge in [-0.05, 0) is 74.9 Å². The largest absolute Gasteiger partial charge is 0.457 e. The number of carbonyl (C=O) groups excluding carboxylic acids is 3. The summed E-state index contributed by atoms with van der Waals surface area (Å²) in [6.45, 7) is 8.02. The molecule has 4 aliphatic carbocycles. The number of hydrogen-bond donors (Lipinski definition) is 1. The maximum absolute atomic E-state index is 13.1. The highest BCUT2D eigenvalue weighted by atomic mass is 16.5. The number of nitrogens with two attached hydrogens (primary N) is 1. The van der Waals surface area contributed by atoms with Crippen LogP contribution in [-0.2, 0) is 19.1 Å². The molecule has 0 aromatic carbocycles. The highest BCUT2D eigenvalue weighted by Gasteiger charge is 2.59. The summed E-state index contributed by atoms with van der Waals surface area (Å²) in [7, 11) is 0. The Hall–Kier alpha value is -2.01. The minimum Gasteiger partial charge on any atom is -0.457 e. The summed E-state index contributed by atoms with van der Waals surface area (Å²) in [6.07, 6.45) is 11.8. The van der Waals surface area contributed by atoms with Gasteiger partial charge in [0.25, 0.3) is 0 Å². The Kier molecular flexibility index (Phi) is 5.16. The maximum Gasteiger partial charge on any atom is 0.323 e. The van der Waals surface area contributed by atoms with Gasteiger partial charge in [-0.1, -0.05) is 37.1 Å². The molecule has 2 saturated carbocycles. The Morgan fingerprint density at radius 2 is 2.07 bits per heavy atom. The topological polar surface area (TPSA) is 86.5 Å². The van der Waals surface area contributed by atoms with E-state index < -0.39 is 12.0 Å². The summed E-state index contributed by atoms with van der Waals surface area (Å²) in [5.41, 5.74) is 7.91. The van der Waals surface area contributed by atoms with Gasteiger partial charge in [-0.15, -0.1) is 0 Å². The highest BCUT2D eigenvalue weighted by molar-refractivity contribution is 6.01. The lowest BCUT2D eigenvalue weighted by Gasteiger charge is -2.52. The molecular weight excluding hydrogens is 378 g/mol. The zero-order chi connectivity index (χ0) is 21.8. The first-order valence-electron chi connectivity index (χ1n) is 11.2. The third-order valence-electron chi connectivity index (χ3n) is 8.36. The molecule has 0 aliphatic heterocycles. The van der Waals surface area contributed by atoms with Crippen molar-refractivity contribution in [2.45, 2.75) is 59.4 Å². The molecule has 2 unspecified atom stereocenters. The van der Waals surface area contributed by atoms with Crippen molar-refractivity contribution in [2.24, 2.45) is 40.2 Å². The van der Waals surface area contributed by atoms with Crippen molar-refractivity contribution in [3.05, 3.63) is 35.5 Å². The first-order valence-corrected chi connectivity index (χ1v) is 11.2. The number of carbonyl (C=O) groups is 3. The van der Waals surface area contributed by atoms with Crippen molar-refractivity contribution in [2.75, 3.05) is 6.61 Å². The molecule has 0 heterocycles. The normalized spacial score (nSPS) is 40.5. The number of ether oxygens (including phenoxy) is 1. The number of esters is 1. The lowest BCUT2D eigenvalue weighted by Crippen LogP contribution is -2.45. The van der Waals surface area contributed by atoms with Crippen LogP contribution in [0.3, 0.4) is 0 Å². The minimum atomic E-state index is -0.719. The van der Waals surface area contributed by atoms with Crippen LogP contribution >= 0.6 is 0 Å². The van der Waals surface area contributed by atoms with E-state index in [1.54, 1.807) is 13.0 Å². The Bertz CT molecular complexity index is 882. The van der Waals surface area contributed by atoms with Gasteiger partial charge in [0.2, 0.25) is 0 Å². The van der Waals surface area contributed by atoms with E-state index in [-0.39, 0.29) is 40.8 Å². The lowest BCUT2D eigenvalue weighted by molar-refractivity contribution is -0.151. The average molecular weight is 412 g/mol. The van der Waals surface area contributed by atoms with E-state index in [1.807, 2.05) is 6.08 Å². The third-order valence-corrected chi connectivity index (χ3v) is 8.36. The summed E-state index contributed by atoms with van der Waals surface area (Å²) in [5.74, 6) is 0.565. The standard InChI is InChI=1S/C25H33NO4/c1-14-11-20-18-6-5-16-12-17(27)7-9-24(16,3)19(18)8-10-25(20,4)22(14)21(28)13-30-23(29)15(2)26/h7-9,12,14-15,18,20,22H,5-6,10-11,13,26H2,1-4H3/t14-,15+,18?,20?,22-,24+,25+/m1/s1. The second kappa shape index (κ2) is 7.30. The van der Waals surface area contributed by atoms with E-state index in [0.717, 1.165) is 25.7 Å². The van der Waals surface area contributed by atoms with Crippen LogP contribution in [0.15, 0.2) is 35.5 Å². The van der Waals surface area contributed by atoms with Crippen LogP contribution in [0.5, 0.6) is 0 Å². The first-order chi connectivity index (χ1) is 14.1. The number of hydrogen-bond acceptors (Lipinski definition) is 5. The SMILES string of the molecule is C[C@H](N)C(=O)OCC(=O)[C@H]1[C@H](C)CC2C3CCC4=CC(=O)C=C[C@]4(C)C3=CC[C@@]21C. The quantitative estimate of drug-likeness (QED) is 0.565. The second-order valence-electron chi connectivity index (χ2n) is 10.3. The fourth-order valence-electron chi connectivity index (χ4n) is 6.94. The van der Waals surface area contributed by atoms with Crippen LogP contribution in [-0.4, -0.2) is 30.2 Å². The van der Waals surface area contributed by atoms with Gasteiger partial charge in [-0.25, -0.2) is 0 Å². The molecule has 0 bridgehead atoms. The van der Waals surface area contributed by atoms with Crippen molar-refractivity contribution in [3.63, 3.8) is 0 Å². The number of Topliss-reactive ketones (excluding diaryl/α,β-unsaturated/α-hetero) is 1.